The molecule has 1 heteroatoms. The predicted molar refractivity (Wildman–Crippen MR) is 73.0 cm³/mol. The topological polar surface area (TPSA) is 3.24 Å². The normalized spacial score (nSPS) is 25.7. The van der Waals surface area contributed by atoms with Crippen LogP contribution in [0.5, 0.6) is 0 Å². The monoisotopic (exact) mass is 225 g/mol. The molecule has 0 saturated heterocycles. The van der Waals surface area contributed by atoms with Crippen LogP contribution >= 0.6 is 0 Å². The van der Waals surface area contributed by atoms with Crippen molar-refractivity contribution in [3.05, 3.63) is 53.1 Å². The Labute approximate surface area is 103 Å². The highest BCUT2D eigenvalue weighted by molar-refractivity contribution is 5.68. The van der Waals surface area contributed by atoms with Crippen LogP contribution in [0.2, 0.25) is 0 Å². The van der Waals surface area contributed by atoms with Gasteiger partial charge in [-0.2, -0.15) is 0 Å². The fraction of sp³-hybridized carbons (Fsp3) is 0.375. The highest BCUT2D eigenvalue weighted by Crippen LogP contribution is 2.45. The summed E-state index contributed by atoms with van der Waals surface area (Å²) >= 11 is 0. The lowest BCUT2D eigenvalue weighted by Crippen LogP contribution is -2.26. The molecule has 2 unspecified atom stereocenters. The third-order valence-corrected chi connectivity index (χ3v) is 3.81. The van der Waals surface area contributed by atoms with E-state index >= 15 is 0 Å². The highest BCUT2D eigenvalue weighted by atomic mass is 15.1. The molecule has 2 aliphatic carbocycles. The zero-order valence-electron chi connectivity index (χ0n) is 10.6. The number of rotatable bonds is 2. The molecule has 0 heterocycles. The summed E-state index contributed by atoms with van der Waals surface area (Å²) in [6, 6.07) is 8.85. The molecule has 2 atom stereocenters. The molecule has 0 saturated carbocycles. The van der Waals surface area contributed by atoms with Gasteiger partial charge in [-0.3, -0.25) is 0 Å². The first-order valence-electron chi connectivity index (χ1n) is 6.36. The lowest BCUT2D eigenvalue weighted by atomic mass is 9.78. The Morgan fingerprint density at radius 1 is 1.24 bits per heavy atom. The van der Waals surface area contributed by atoms with Gasteiger partial charge in [0, 0.05) is 18.4 Å². The van der Waals surface area contributed by atoms with Crippen LogP contribution in [-0.2, 0) is 0 Å². The molecule has 1 aromatic rings. The molecule has 2 aliphatic rings. The van der Waals surface area contributed by atoms with E-state index in [9.17, 15) is 0 Å². The van der Waals surface area contributed by atoms with E-state index in [1.54, 1.807) is 5.57 Å². The molecular formula is C16H19N. The summed E-state index contributed by atoms with van der Waals surface area (Å²) in [5.41, 5.74) is 4.55. The van der Waals surface area contributed by atoms with Crippen LogP contribution in [0.25, 0.3) is 6.08 Å². The maximum Gasteiger partial charge on any atom is 0.0136 e. The Morgan fingerprint density at radius 2 is 2.06 bits per heavy atom. The van der Waals surface area contributed by atoms with E-state index in [0.29, 0.717) is 11.8 Å². The molecule has 1 nitrogen and oxygen atoms in total. The summed E-state index contributed by atoms with van der Waals surface area (Å²) in [7, 11) is 4.32. The smallest absolute Gasteiger partial charge is 0.0136 e. The van der Waals surface area contributed by atoms with Crippen molar-refractivity contribution in [1.82, 2.24) is 4.90 Å². The minimum atomic E-state index is 0.624. The standard InChI is InChI=1S/C16H19N/c1-17(2)11-14-8-5-7-13-10-12-6-3-4-9-15(12)16(13)14/h3-6,8-10,14,16H,7,11H2,1-2H3. The molecule has 0 amide bonds. The van der Waals surface area contributed by atoms with E-state index in [1.165, 1.54) is 11.1 Å². The summed E-state index contributed by atoms with van der Waals surface area (Å²) < 4.78 is 0. The van der Waals surface area contributed by atoms with E-state index < -0.39 is 0 Å². The van der Waals surface area contributed by atoms with E-state index in [2.05, 4.69) is 61.5 Å². The molecule has 0 bridgehead atoms. The predicted octanol–water partition coefficient (Wildman–Crippen LogP) is 3.30. The van der Waals surface area contributed by atoms with Crippen LogP contribution in [0.4, 0.5) is 0 Å². The molecule has 1 aromatic carbocycles. The van der Waals surface area contributed by atoms with Gasteiger partial charge in [0.1, 0.15) is 0 Å². The number of hydrogen-bond donors (Lipinski definition) is 0. The highest BCUT2D eigenvalue weighted by Gasteiger charge is 2.32. The van der Waals surface area contributed by atoms with Crippen LogP contribution in [-0.4, -0.2) is 25.5 Å². The van der Waals surface area contributed by atoms with Gasteiger partial charge in [0.05, 0.1) is 0 Å². The number of nitrogens with zero attached hydrogens (tertiary/aromatic N) is 1. The Balaban J connectivity index is 1.98. The minimum absolute atomic E-state index is 0.624. The van der Waals surface area contributed by atoms with E-state index in [1.807, 2.05) is 0 Å². The molecule has 0 fully saturated rings. The molecule has 3 rings (SSSR count). The zero-order valence-corrected chi connectivity index (χ0v) is 10.6. The first-order chi connectivity index (χ1) is 8.25. The van der Waals surface area contributed by atoms with Gasteiger partial charge in [0.25, 0.3) is 0 Å². The van der Waals surface area contributed by atoms with Crippen LogP contribution in [0.3, 0.4) is 0 Å². The Kier molecular flexibility index (Phi) is 2.64. The van der Waals surface area contributed by atoms with Crippen molar-refractivity contribution in [1.29, 1.82) is 0 Å². The van der Waals surface area contributed by atoms with Crippen LogP contribution < -0.4 is 0 Å². The summed E-state index contributed by atoms with van der Waals surface area (Å²) in [5.74, 6) is 1.26. The van der Waals surface area contributed by atoms with Crippen LogP contribution in [0.1, 0.15) is 23.5 Å². The third-order valence-electron chi connectivity index (χ3n) is 3.81. The number of hydrogen-bond acceptors (Lipinski definition) is 1. The van der Waals surface area contributed by atoms with Crippen LogP contribution in [0, 0.1) is 5.92 Å². The molecule has 0 radical (unpaired) electrons. The SMILES string of the molecule is CN(C)CC1C=CCC2=Cc3ccccc3C21. The van der Waals surface area contributed by atoms with Gasteiger partial charge < -0.3 is 4.90 Å². The van der Waals surface area contributed by atoms with Crippen molar-refractivity contribution in [2.75, 3.05) is 20.6 Å². The number of allylic oxidation sites excluding steroid dienone is 2. The van der Waals surface area contributed by atoms with Gasteiger partial charge in [-0.15, -0.1) is 0 Å². The Morgan fingerprint density at radius 3 is 2.88 bits per heavy atom. The molecule has 0 aliphatic heterocycles. The minimum Gasteiger partial charge on any atom is -0.309 e. The number of fused-ring (bicyclic) bond motifs is 3. The fourth-order valence-corrected chi connectivity index (χ4v) is 3.18. The lowest BCUT2D eigenvalue weighted by Gasteiger charge is -2.30. The van der Waals surface area contributed by atoms with Crippen molar-refractivity contribution >= 4 is 6.08 Å². The number of benzene rings is 1. The lowest BCUT2D eigenvalue weighted by molar-refractivity contribution is 0.337. The third kappa shape index (κ3) is 1.85. The first kappa shape index (κ1) is 10.8. The molecule has 88 valence electrons. The molecule has 17 heavy (non-hydrogen) atoms. The fourth-order valence-electron chi connectivity index (χ4n) is 3.18. The first-order valence-corrected chi connectivity index (χ1v) is 6.36. The average molecular weight is 225 g/mol. The molecule has 0 aromatic heterocycles. The summed E-state index contributed by atoms with van der Waals surface area (Å²) in [6.07, 6.45) is 8.27. The quantitative estimate of drug-likeness (QED) is 0.698. The van der Waals surface area contributed by atoms with Crippen molar-refractivity contribution in [3.63, 3.8) is 0 Å². The van der Waals surface area contributed by atoms with Gasteiger partial charge >= 0.3 is 0 Å². The van der Waals surface area contributed by atoms with E-state index in [0.717, 1.165) is 13.0 Å². The Hall–Kier alpha value is -1.34. The van der Waals surface area contributed by atoms with Crippen molar-refractivity contribution in [2.45, 2.75) is 12.3 Å². The molecule has 0 spiro atoms. The van der Waals surface area contributed by atoms with Crippen molar-refractivity contribution in [3.8, 4) is 0 Å². The van der Waals surface area contributed by atoms with Gasteiger partial charge in [-0.25, -0.2) is 0 Å². The molecule has 0 N–H and O–H groups in total. The average Bonchev–Trinajstić information content (AvgIpc) is 2.67. The maximum absolute atomic E-state index is 2.41. The van der Waals surface area contributed by atoms with Crippen molar-refractivity contribution < 1.29 is 0 Å². The second-order valence-corrected chi connectivity index (χ2v) is 5.38. The zero-order chi connectivity index (χ0) is 11.8. The summed E-state index contributed by atoms with van der Waals surface area (Å²) in [6.45, 7) is 1.13. The Bertz CT molecular complexity index is 482. The van der Waals surface area contributed by atoms with E-state index in [4.69, 9.17) is 0 Å². The van der Waals surface area contributed by atoms with Crippen molar-refractivity contribution in [2.24, 2.45) is 5.92 Å². The second-order valence-electron chi connectivity index (χ2n) is 5.38. The van der Waals surface area contributed by atoms with Crippen LogP contribution in [0.15, 0.2) is 42.0 Å². The van der Waals surface area contributed by atoms with Gasteiger partial charge in [-0.05, 0) is 31.6 Å². The summed E-state index contributed by atoms with van der Waals surface area (Å²) in [5, 5.41) is 0. The molecular weight excluding hydrogens is 206 g/mol. The second kappa shape index (κ2) is 4.15. The van der Waals surface area contributed by atoms with Gasteiger partial charge in [0.15, 0.2) is 0 Å². The van der Waals surface area contributed by atoms with Gasteiger partial charge in [0.2, 0.25) is 0 Å². The largest absolute Gasteiger partial charge is 0.309 e. The maximum atomic E-state index is 2.41. The van der Waals surface area contributed by atoms with Gasteiger partial charge in [-0.1, -0.05) is 48.1 Å². The summed E-state index contributed by atoms with van der Waals surface area (Å²) in [4.78, 5) is 2.29. The van der Waals surface area contributed by atoms with E-state index in [-0.39, 0.29) is 0 Å².